The number of esters is 2. The Morgan fingerprint density at radius 2 is 0.635 bits per heavy atom. The lowest BCUT2D eigenvalue weighted by atomic mass is 10.1. The predicted molar refractivity (Wildman–Crippen MR) is 214 cm³/mol. The van der Waals surface area contributed by atoms with Crippen molar-refractivity contribution in [3.8, 4) is 0 Å². The summed E-state index contributed by atoms with van der Waals surface area (Å²) in [6, 6.07) is 0. The maximum Gasteiger partial charge on any atom is 0.328 e. The Balaban J connectivity index is 5.06. The number of carbonyl (C=O) groups excluding carboxylic acids is 2. The van der Waals surface area contributed by atoms with Gasteiger partial charge in [0.1, 0.15) is 0 Å². The second kappa shape index (κ2) is 32.1. The van der Waals surface area contributed by atoms with Gasteiger partial charge in [-0.1, -0.05) is 146 Å². The van der Waals surface area contributed by atoms with Crippen molar-refractivity contribution in [2.75, 3.05) is 26.4 Å². The van der Waals surface area contributed by atoms with E-state index in [-0.39, 0.29) is 24.8 Å². The molecule has 8 nitrogen and oxygen atoms in total. The fourth-order valence-corrected chi connectivity index (χ4v) is 5.98. The SMILES string of the molecule is CCC(OCCCCCC(C)C)(OCCCCCC(C)C)OC(=O)CCCCC(=O)OC(CC)(OCCCCCC(C)C)OCCCCCC(C)C. The summed E-state index contributed by atoms with van der Waals surface area (Å²) in [7, 11) is 0. The van der Waals surface area contributed by atoms with Crippen LogP contribution in [-0.2, 0) is 38.0 Å². The van der Waals surface area contributed by atoms with E-state index in [1.54, 1.807) is 0 Å². The Kier molecular flexibility index (Phi) is 31.3. The van der Waals surface area contributed by atoms with Crippen LogP contribution in [0.15, 0.2) is 0 Å². The van der Waals surface area contributed by atoms with Crippen molar-refractivity contribution in [2.45, 2.75) is 222 Å². The van der Waals surface area contributed by atoms with E-state index >= 15 is 0 Å². The van der Waals surface area contributed by atoms with Crippen molar-refractivity contribution in [3.05, 3.63) is 0 Å². The first-order valence-corrected chi connectivity index (χ1v) is 21.8. The summed E-state index contributed by atoms with van der Waals surface area (Å²) in [5, 5.41) is 0. The monoisotopic (exact) mass is 743 g/mol. The lowest BCUT2D eigenvalue weighted by Gasteiger charge is -2.32. The summed E-state index contributed by atoms with van der Waals surface area (Å²) >= 11 is 0. The van der Waals surface area contributed by atoms with Gasteiger partial charge < -0.3 is 28.4 Å². The first-order chi connectivity index (χ1) is 24.8. The van der Waals surface area contributed by atoms with Crippen LogP contribution in [0.4, 0.5) is 0 Å². The highest BCUT2D eigenvalue weighted by molar-refractivity contribution is 5.71. The van der Waals surface area contributed by atoms with Gasteiger partial charge >= 0.3 is 23.9 Å². The van der Waals surface area contributed by atoms with Crippen LogP contribution in [-0.4, -0.2) is 50.3 Å². The maximum absolute atomic E-state index is 13.1. The van der Waals surface area contributed by atoms with Gasteiger partial charge in [-0.3, -0.25) is 9.59 Å². The second-order valence-electron chi connectivity index (χ2n) is 16.6. The van der Waals surface area contributed by atoms with Crippen molar-refractivity contribution in [2.24, 2.45) is 23.7 Å². The summed E-state index contributed by atoms with van der Waals surface area (Å²) < 4.78 is 36.5. The molecule has 52 heavy (non-hydrogen) atoms. The quantitative estimate of drug-likeness (QED) is 0.0353. The molecule has 310 valence electrons. The standard InChI is InChI=1S/C44H86O8/c1-11-43(47-33-23-13-17-27-37(3)4,48-34-24-14-18-28-38(5)6)51-41(45)31-21-22-32-42(46)52-44(12-2,49-35-25-15-19-29-39(7)8)50-36-26-16-20-30-40(9)10/h37-40H,11-36H2,1-10H3. The fourth-order valence-electron chi connectivity index (χ4n) is 5.98. The maximum atomic E-state index is 13.1. The van der Waals surface area contributed by atoms with Crippen molar-refractivity contribution in [1.82, 2.24) is 0 Å². The zero-order chi connectivity index (χ0) is 39.1. The summed E-state index contributed by atoms with van der Waals surface area (Å²) in [4.78, 5) is 26.2. The van der Waals surface area contributed by atoms with E-state index in [9.17, 15) is 9.59 Å². The molecule has 0 aromatic carbocycles. The molecule has 0 aliphatic rings. The number of unbranched alkanes of at least 4 members (excludes halogenated alkanes) is 9. The Morgan fingerprint density at radius 1 is 0.385 bits per heavy atom. The van der Waals surface area contributed by atoms with Crippen LogP contribution < -0.4 is 0 Å². The molecule has 0 aromatic rings. The summed E-state index contributed by atoms with van der Waals surface area (Å²) in [6.07, 6.45) is 19.5. The summed E-state index contributed by atoms with van der Waals surface area (Å²) in [6.45, 7) is 23.7. The van der Waals surface area contributed by atoms with Gasteiger partial charge in [-0.25, -0.2) is 0 Å². The highest BCUT2D eigenvalue weighted by Crippen LogP contribution is 2.26. The molecule has 0 saturated carbocycles. The zero-order valence-corrected chi connectivity index (χ0v) is 36.0. The summed E-state index contributed by atoms with van der Waals surface area (Å²) in [5.74, 6) is -0.725. The molecule has 0 aromatic heterocycles. The number of ether oxygens (including phenoxy) is 6. The van der Waals surface area contributed by atoms with Crippen LogP contribution in [0.2, 0.25) is 0 Å². The molecule has 0 amide bonds. The molecule has 0 atom stereocenters. The van der Waals surface area contributed by atoms with E-state index in [4.69, 9.17) is 28.4 Å². The molecule has 0 saturated heterocycles. The lowest BCUT2D eigenvalue weighted by molar-refractivity contribution is -0.365. The molecule has 0 bridgehead atoms. The first kappa shape index (κ1) is 50.8. The molecule has 0 N–H and O–H groups in total. The molecule has 0 aliphatic carbocycles. The van der Waals surface area contributed by atoms with Crippen molar-refractivity contribution >= 4 is 11.9 Å². The van der Waals surface area contributed by atoms with Gasteiger partial charge in [0.05, 0.1) is 26.4 Å². The zero-order valence-electron chi connectivity index (χ0n) is 36.0. The fraction of sp³-hybridized carbons (Fsp3) is 0.955. The second-order valence-corrected chi connectivity index (χ2v) is 16.6. The molecule has 0 fully saturated rings. The van der Waals surface area contributed by atoms with Crippen LogP contribution in [0.5, 0.6) is 0 Å². The van der Waals surface area contributed by atoms with Crippen molar-refractivity contribution in [3.63, 3.8) is 0 Å². The van der Waals surface area contributed by atoms with Crippen LogP contribution in [0.1, 0.15) is 210 Å². The van der Waals surface area contributed by atoms with Gasteiger partial charge in [0.25, 0.3) is 0 Å². The average molecular weight is 743 g/mol. The smallest absolute Gasteiger partial charge is 0.328 e. The Bertz CT molecular complexity index is 732. The number of carbonyl (C=O) groups is 2. The molecule has 0 aliphatic heterocycles. The topological polar surface area (TPSA) is 89.5 Å². The molecule has 8 heteroatoms. The van der Waals surface area contributed by atoms with E-state index in [1.807, 2.05) is 13.8 Å². The minimum Gasteiger partial charge on any atom is -0.408 e. The third kappa shape index (κ3) is 29.2. The Hall–Kier alpha value is -1.22. The predicted octanol–water partition coefficient (Wildman–Crippen LogP) is 12.7. The largest absolute Gasteiger partial charge is 0.408 e. The Labute approximate surface area is 321 Å². The van der Waals surface area contributed by atoms with Crippen LogP contribution in [0.25, 0.3) is 0 Å². The number of hydrogen-bond acceptors (Lipinski definition) is 8. The third-order valence-electron chi connectivity index (χ3n) is 9.41. The number of rotatable bonds is 37. The highest BCUT2D eigenvalue weighted by Gasteiger charge is 2.36. The normalized spacial score (nSPS) is 12.5. The molecule has 0 heterocycles. The van der Waals surface area contributed by atoms with E-state index < -0.39 is 11.9 Å². The van der Waals surface area contributed by atoms with Crippen molar-refractivity contribution < 1.29 is 38.0 Å². The summed E-state index contributed by atoms with van der Waals surface area (Å²) in [5.41, 5.74) is 0. The Morgan fingerprint density at radius 3 is 0.846 bits per heavy atom. The third-order valence-corrected chi connectivity index (χ3v) is 9.41. The van der Waals surface area contributed by atoms with E-state index in [0.717, 1.165) is 77.0 Å². The molecular formula is C44H86O8. The van der Waals surface area contributed by atoms with E-state index in [2.05, 4.69) is 55.4 Å². The van der Waals surface area contributed by atoms with Gasteiger partial charge in [0.2, 0.25) is 0 Å². The van der Waals surface area contributed by atoms with Crippen molar-refractivity contribution in [1.29, 1.82) is 0 Å². The molecule has 0 unspecified atom stereocenters. The molecular weight excluding hydrogens is 656 g/mol. The van der Waals surface area contributed by atoms with Gasteiger partial charge in [-0.15, -0.1) is 0 Å². The lowest BCUT2D eigenvalue weighted by Crippen LogP contribution is -2.41. The molecule has 0 rings (SSSR count). The first-order valence-electron chi connectivity index (χ1n) is 21.8. The van der Waals surface area contributed by atoms with Gasteiger partial charge in [-0.05, 0) is 62.2 Å². The van der Waals surface area contributed by atoms with Gasteiger partial charge in [0, 0.05) is 25.7 Å². The van der Waals surface area contributed by atoms with E-state index in [0.29, 0.717) is 75.8 Å². The highest BCUT2D eigenvalue weighted by atomic mass is 16.9. The van der Waals surface area contributed by atoms with Crippen LogP contribution in [0.3, 0.4) is 0 Å². The van der Waals surface area contributed by atoms with Gasteiger partial charge in [0.15, 0.2) is 0 Å². The minimum absolute atomic E-state index is 0.170. The number of hydrogen-bond donors (Lipinski definition) is 0. The van der Waals surface area contributed by atoms with Crippen LogP contribution in [0, 0.1) is 23.7 Å². The minimum atomic E-state index is -1.37. The van der Waals surface area contributed by atoms with Gasteiger partial charge in [-0.2, -0.15) is 0 Å². The average Bonchev–Trinajstić information content (AvgIpc) is 3.08. The van der Waals surface area contributed by atoms with E-state index in [1.165, 1.54) is 25.7 Å². The van der Waals surface area contributed by atoms with Crippen LogP contribution >= 0.6 is 0 Å². The molecule has 0 spiro atoms. The molecule has 0 radical (unpaired) electrons.